The predicted octanol–water partition coefficient (Wildman–Crippen LogP) is 5.56. The first-order chi connectivity index (χ1) is 10.9. The lowest BCUT2D eigenvalue weighted by atomic mass is 9.80. The van der Waals surface area contributed by atoms with Gasteiger partial charge in [0.2, 0.25) is 0 Å². The second-order valence-corrected chi connectivity index (χ2v) is 6.50. The summed E-state index contributed by atoms with van der Waals surface area (Å²) in [6.45, 7) is 4.50. The average molecular weight is 470 g/mol. The Morgan fingerprint density at radius 2 is 1.68 bits per heavy atom. The van der Waals surface area contributed by atoms with Crippen molar-refractivity contribution in [1.29, 1.82) is 0 Å². The Balaban J connectivity index is 0.00000156. The van der Waals surface area contributed by atoms with Crippen molar-refractivity contribution < 1.29 is 4.92 Å². The van der Waals surface area contributed by atoms with Gasteiger partial charge in [0, 0.05) is 30.3 Å². The van der Waals surface area contributed by atoms with Gasteiger partial charge in [-0.15, -0.1) is 34.0 Å². The van der Waals surface area contributed by atoms with Crippen LogP contribution in [0.3, 0.4) is 0 Å². The summed E-state index contributed by atoms with van der Waals surface area (Å²) in [6.07, 6.45) is 4.22. The number of fused-ring (bicyclic) bond motifs is 1. The largest absolute Gasteiger partial charge is 0.367 e. The van der Waals surface area contributed by atoms with Gasteiger partial charge < -0.3 is 4.90 Å². The van der Waals surface area contributed by atoms with E-state index in [0.29, 0.717) is 0 Å². The summed E-state index contributed by atoms with van der Waals surface area (Å²) in [4.78, 5) is 12.6. The highest BCUT2D eigenvalue weighted by atomic mass is 79.9. The van der Waals surface area contributed by atoms with Crippen LogP contribution in [-0.4, -0.2) is 18.0 Å². The van der Waals surface area contributed by atoms with Crippen molar-refractivity contribution in [2.24, 2.45) is 0 Å². The lowest BCUT2D eigenvalue weighted by molar-refractivity contribution is -0.384. The molecule has 134 valence electrons. The molecule has 0 aromatic heterocycles. The van der Waals surface area contributed by atoms with E-state index in [4.69, 9.17) is 0 Å². The lowest BCUT2D eigenvalue weighted by Crippen LogP contribution is -2.37. The minimum Gasteiger partial charge on any atom is -0.367 e. The van der Waals surface area contributed by atoms with E-state index in [1.54, 1.807) is 12.1 Å². The lowest BCUT2D eigenvalue weighted by Gasteiger charge is -2.29. The number of halogens is 2. The van der Waals surface area contributed by atoms with Gasteiger partial charge >= 0.3 is 0 Å². The van der Waals surface area contributed by atoms with Crippen LogP contribution in [0.5, 0.6) is 0 Å². The molecular formula is C19H22Br2N2O2. The summed E-state index contributed by atoms with van der Waals surface area (Å²) in [7, 11) is 2.11. The molecule has 25 heavy (non-hydrogen) atoms. The molecular weight excluding hydrogens is 448 g/mol. The zero-order chi connectivity index (χ0) is 16.6. The molecule has 4 nitrogen and oxygen atoms in total. The summed E-state index contributed by atoms with van der Waals surface area (Å²) in [6, 6.07) is 15.4. The van der Waals surface area contributed by atoms with E-state index in [1.165, 1.54) is 23.4 Å². The SMILES string of the molecule is Br.Br.CN1c2ccccc2C(C)(C)C1C=Cc1ccc([N+](=O)[O-])cc1. The van der Waals surface area contributed by atoms with Crippen LogP contribution >= 0.6 is 34.0 Å². The van der Waals surface area contributed by atoms with Crippen molar-refractivity contribution in [3.8, 4) is 0 Å². The number of nitro groups is 1. The first-order valence-electron chi connectivity index (χ1n) is 7.66. The molecule has 0 amide bonds. The molecule has 0 saturated heterocycles. The number of nitro benzene ring substituents is 1. The molecule has 3 rings (SSSR count). The van der Waals surface area contributed by atoms with Crippen molar-refractivity contribution in [2.75, 3.05) is 11.9 Å². The van der Waals surface area contributed by atoms with Crippen molar-refractivity contribution in [3.05, 3.63) is 75.8 Å². The Labute approximate surface area is 169 Å². The van der Waals surface area contributed by atoms with Crippen LogP contribution in [0.2, 0.25) is 0 Å². The summed E-state index contributed by atoms with van der Waals surface area (Å²) in [5.41, 5.74) is 3.71. The first-order valence-corrected chi connectivity index (χ1v) is 7.66. The molecule has 1 heterocycles. The Bertz CT molecular complexity index is 773. The minimum absolute atomic E-state index is 0. The monoisotopic (exact) mass is 468 g/mol. The zero-order valence-corrected chi connectivity index (χ0v) is 17.8. The summed E-state index contributed by atoms with van der Waals surface area (Å²) in [5.74, 6) is 0. The van der Waals surface area contributed by atoms with Crippen LogP contribution in [0.15, 0.2) is 54.6 Å². The number of para-hydroxylation sites is 1. The predicted molar refractivity (Wildman–Crippen MR) is 114 cm³/mol. The fourth-order valence-corrected chi connectivity index (χ4v) is 3.40. The molecule has 0 bridgehead atoms. The zero-order valence-electron chi connectivity index (χ0n) is 14.4. The number of hydrogen-bond acceptors (Lipinski definition) is 3. The highest BCUT2D eigenvalue weighted by Crippen LogP contribution is 2.44. The van der Waals surface area contributed by atoms with Crippen molar-refractivity contribution in [3.63, 3.8) is 0 Å². The third-order valence-electron chi connectivity index (χ3n) is 4.71. The maximum atomic E-state index is 10.7. The van der Waals surface area contributed by atoms with Crippen molar-refractivity contribution in [2.45, 2.75) is 25.3 Å². The Morgan fingerprint density at radius 1 is 1.08 bits per heavy atom. The number of likely N-dealkylation sites (N-methyl/N-ethyl adjacent to an activating group) is 1. The maximum Gasteiger partial charge on any atom is 0.269 e. The van der Waals surface area contributed by atoms with Crippen LogP contribution in [0.25, 0.3) is 6.08 Å². The van der Waals surface area contributed by atoms with E-state index in [1.807, 2.05) is 6.08 Å². The molecule has 0 aliphatic carbocycles. The van der Waals surface area contributed by atoms with Gasteiger partial charge in [-0.1, -0.05) is 44.2 Å². The standard InChI is InChI=1S/C19H20N2O2.2BrH/c1-19(2)16-6-4-5-7-17(16)20(3)18(19)13-10-14-8-11-15(12-9-14)21(22)23;;/h4-13,18H,1-3H3;2*1H. The van der Waals surface area contributed by atoms with Crippen LogP contribution < -0.4 is 4.90 Å². The van der Waals surface area contributed by atoms with E-state index in [2.05, 4.69) is 56.1 Å². The normalized spacial score (nSPS) is 17.6. The van der Waals surface area contributed by atoms with Gasteiger partial charge in [-0.25, -0.2) is 0 Å². The van der Waals surface area contributed by atoms with Crippen LogP contribution in [0.1, 0.15) is 25.0 Å². The van der Waals surface area contributed by atoms with Gasteiger partial charge in [0.15, 0.2) is 0 Å². The van der Waals surface area contributed by atoms with E-state index in [-0.39, 0.29) is 56.0 Å². The van der Waals surface area contributed by atoms with Gasteiger partial charge in [-0.2, -0.15) is 0 Å². The Hall–Kier alpha value is -1.66. The quantitative estimate of drug-likeness (QED) is 0.436. The molecule has 0 N–H and O–H groups in total. The molecule has 1 aliphatic rings. The Kier molecular flexibility index (Phi) is 6.97. The number of benzene rings is 2. The third kappa shape index (κ3) is 3.96. The number of anilines is 1. The van der Waals surface area contributed by atoms with Crippen LogP contribution in [0.4, 0.5) is 11.4 Å². The maximum absolute atomic E-state index is 10.7. The summed E-state index contributed by atoms with van der Waals surface area (Å²) in [5, 5.41) is 10.7. The average Bonchev–Trinajstić information content (AvgIpc) is 2.73. The van der Waals surface area contributed by atoms with E-state index in [9.17, 15) is 10.1 Å². The number of nitrogens with zero attached hydrogens (tertiary/aromatic N) is 2. The smallest absolute Gasteiger partial charge is 0.269 e. The molecule has 1 aliphatic heterocycles. The highest BCUT2D eigenvalue weighted by Gasteiger charge is 2.41. The van der Waals surface area contributed by atoms with Crippen LogP contribution in [-0.2, 0) is 5.41 Å². The molecule has 1 unspecified atom stereocenters. The van der Waals surface area contributed by atoms with Gasteiger partial charge in [-0.05, 0) is 29.3 Å². The molecule has 0 radical (unpaired) electrons. The molecule has 0 spiro atoms. The van der Waals surface area contributed by atoms with Gasteiger partial charge in [-0.3, -0.25) is 10.1 Å². The van der Waals surface area contributed by atoms with E-state index >= 15 is 0 Å². The van der Waals surface area contributed by atoms with Gasteiger partial charge in [0.1, 0.15) is 0 Å². The van der Waals surface area contributed by atoms with Crippen molar-refractivity contribution in [1.82, 2.24) is 0 Å². The highest BCUT2D eigenvalue weighted by molar-refractivity contribution is 8.93. The summed E-state index contributed by atoms with van der Waals surface area (Å²) >= 11 is 0. The fraction of sp³-hybridized carbons (Fsp3) is 0.263. The molecule has 0 saturated carbocycles. The van der Waals surface area contributed by atoms with E-state index < -0.39 is 0 Å². The third-order valence-corrected chi connectivity index (χ3v) is 4.71. The topological polar surface area (TPSA) is 46.4 Å². The molecule has 0 fully saturated rings. The minimum atomic E-state index is -0.377. The second kappa shape index (κ2) is 8.15. The van der Waals surface area contributed by atoms with E-state index in [0.717, 1.165) is 5.56 Å². The van der Waals surface area contributed by atoms with Gasteiger partial charge in [0.25, 0.3) is 5.69 Å². The first kappa shape index (κ1) is 21.4. The second-order valence-electron chi connectivity index (χ2n) is 6.50. The van der Waals surface area contributed by atoms with Crippen molar-refractivity contribution >= 4 is 51.4 Å². The number of hydrogen-bond donors (Lipinski definition) is 0. The van der Waals surface area contributed by atoms with Gasteiger partial charge in [0.05, 0.1) is 11.0 Å². The number of rotatable bonds is 3. The molecule has 6 heteroatoms. The number of non-ortho nitro benzene ring substituents is 1. The summed E-state index contributed by atoms with van der Waals surface area (Å²) < 4.78 is 0. The van der Waals surface area contributed by atoms with Crippen LogP contribution in [0, 0.1) is 10.1 Å². The Morgan fingerprint density at radius 3 is 2.24 bits per heavy atom. The fourth-order valence-electron chi connectivity index (χ4n) is 3.40. The molecule has 2 aromatic carbocycles. The molecule has 1 atom stereocenters. The molecule has 2 aromatic rings.